The molecule has 0 bridgehead atoms. The number of aryl methyl sites for hydroxylation is 1. The molecule has 2 aliphatic rings. The lowest BCUT2D eigenvalue weighted by atomic mass is 9.87. The van der Waals surface area contributed by atoms with Crippen molar-refractivity contribution in [2.45, 2.75) is 38.5 Å². The van der Waals surface area contributed by atoms with Gasteiger partial charge in [-0.15, -0.1) is 0 Å². The van der Waals surface area contributed by atoms with Crippen LogP contribution < -0.4 is 14.8 Å². The van der Waals surface area contributed by atoms with Gasteiger partial charge < -0.3 is 14.8 Å². The topological polar surface area (TPSA) is 64.6 Å². The molecule has 0 saturated heterocycles. The largest absolute Gasteiger partial charge is 0.454 e. The number of hydrogen-bond acceptors (Lipinski definition) is 4. The Kier molecular flexibility index (Phi) is 5.37. The number of amides is 1. The standard InChI is InChI=1S/C27H24ClNO4.H2/c1-16-3-4-18(11-22(16)21-7-6-20(14-23(21)28)29-17(2)30)12-26(31)27(9-10-27)19-5-8-24-25(13-19)33-15-32-24;/h3-8,11,13-14H,9-10,12,15H2,1-2H3,(H,29,30);1H. The average Bonchev–Trinajstić information content (AvgIpc) is 3.46. The highest BCUT2D eigenvalue weighted by Crippen LogP contribution is 2.51. The molecule has 3 aromatic carbocycles. The van der Waals surface area contributed by atoms with Crippen molar-refractivity contribution >= 4 is 29.0 Å². The predicted octanol–water partition coefficient (Wildman–Crippen LogP) is 6.09. The molecule has 0 aromatic heterocycles. The van der Waals surface area contributed by atoms with E-state index < -0.39 is 5.41 Å². The molecule has 1 fully saturated rings. The van der Waals surface area contributed by atoms with Gasteiger partial charge in [0.15, 0.2) is 11.5 Å². The van der Waals surface area contributed by atoms with Crippen molar-refractivity contribution in [3.8, 4) is 22.6 Å². The van der Waals surface area contributed by atoms with E-state index in [1.165, 1.54) is 6.92 Å². The van der Waals surface area contributed by atoms with E-state index in [2.05, 4.69) is 5.32 Å². The molecule has 0 spiro atoms. The fourth-order valence-corrected chi connectivity index (χ4v) is 4.77. The maximum absolute atomic E-state index is 13.4. The summed E-state index contributed by atoms with van der Waals surface area (Å²) >= 11 is 6.55. The molecule has 170 valence electrons. The van der Waals surface area contributed by atoms with Crippen molar-refractivity contribution in [2.24, 2.45) is 0 Å². The van der Waals surface area contributed by atoms with Crippen LogP contribution in [0.1, 0.15) is 37.9 Å². The van der Waals surface area contributed by atoms with Crippen molar-refractivity contribution in [3.63, 3.8) is 0 Å². The third-order valence-electron chi connectivity index (χ3n) is 6.46. The van der Waals surface area contributed by atoms with Crippen LogP contribution in [0.2, 0.25) is 5.02 Å². The highest BCUT2D eigenvalue weighted by atomic mass is 35.5. The van der Waals surface area contributed by atoms with Crippen LogP contribution in [0.15, 0.2) is 54.6 Å². The number of ketones is 1. The summed E-state index contributed by atoms with van der Waals surface area (Å²) in [6.45, 7) is 3.71. The molecule has 1 N–H and O–H groups in total. The van der Waals surface area contributed by atoms with Gasteiger partial charge in [0.25, 0.3) is 0 Å². The van der Waals surface area contributed by atoms with Gasteiger partial charge in [0, 0.05) is 26.0 Å². The summed E-state index contributed by atoms with van der Waals surface area (Å²) in [5.74, 6) is 1.50. The number of nitrogens with one attached hydrogen (secondary N) is 1. The summed E-state index contributed by atoms with van der Waals surface area (Å²) in [6.07, 6.45) is 2.05. The SMILES string of the molecule is CC(=O)Nc1ccc(-c2cc(CC(=O)C3(c4ccc5c(c4)OCO5)CC3)ccc2C)c(Cl)c1.[HH]. The molecule has 6 heteroatoms. The van der Waals surface area contributed by atoms with Crippen LogP contribution in [-0.2, 0) is 21.4 Å². The molecular formula is C27H26ClNO4. The Morgan fingerprint density at radius 3 is 2.52 bits per heavy atom. The van der Waals surface area contributed by atoms with Gasteiger partial charge in [0.05, 0.1) is 10.4 Å². The minimum Gasteiger partial charge on any atom is -0.454 e. The molecule has 1 heterocycles. The fraction of sp³-hybridized carbons (Fsp3) is 0.259. The normalized spacial score (nSPS) is 15.2. The summed E-state index contributed by atoms with van der Waals surface area (Å²) in [5, 5.41) is 3.29. The highest BCUT2D eigenvalue weighted by Gasteiger charge is 2.50. The van der Waals surface area contributed by atoms with Crippen LogP contribution in [-0.4, -0.2) is 18.5 Å². The highest BCUT2D eigenvalue weighted by molar-refractivity contribution is 6.33. The minimum atomic E-state index is -0.441. The number of rotatable bonds is 6. The lowest BCUT2D eigenvalue weighted by molar-refractivity contribution is -0.120. The number of ether oxygens (including phenoxy) is 2. The van der Waals surface area contributed by atoms with Crippen LogP contribution in [0.5, 0.6) is 11.5 Å². The molecule has 5 rings (SSSR count). The fourth-order valence-electron chi connectivity index (χ4n) is 4.49. The number of Topliss-reactive ketones (excluding diaryl/α,β-unsaturated/α-hetero) is 1. The first-order chi connectivity index (χ1) is 15.9. The van der Waals surface area contributed by atoms with E-state index in [1.807, 2.05) is 55.5 Å². The zero-order valence-electron chi connectivity index (χ0n) is 18.5. The van der Waals surface area contributed by atoms with E-state index in [4.69, 9.17) is 21.1 Å². The van der Waals surface area contributed by atoms with Crippen molar-refractivity contribution in [1.29, 1.82) is 0 Å². The van der Waals surface area contributed by atoms with Gasteiger partial charge in [0.2, 0.25) is 12.7 Å². The van der Waals surface area contributed by atoms with E-state index in [0.29, 0.717) is 22.9 Å². The van der Waals surface area contributed by atoms with Gasteiger partial charge >= 0.3 is 0 Å². The van der Waals surface area contributed by atoms with Gasteiger partial charge in [-0.2, -0.15) is 0 Å². The number of benzene rings is 3. The first kappa shape index (κ1) is 21.5. The Morgan fingerprint density at radius 1 is 1.00 bits per heavy atom. The monoisotopic (exact) mass is 463 g/mol. The first-order valence-electron chi connectivity index (χ1n) is 11.0. The van der Waals surface area contributed by atoms with Crippen LogP contribution in [0.4, 0.5) is 5.69 Å². The Hall–Kier alpha value is -3.31. The number of hydrogen-bond donors (Lipinski definition) is 1. The van der Waals surface area contributed by atoms with Gasteiger partial charge in [-0.25, -0.2) is 0 Å². The molecule has 0 atom stereocenters. The van der Waals surface area contributed by atoms with E-state index in [9.17, 15) is 9.59 Å². The molecule has 1 saturated carbocycles. The van der Waals surface area contributed by atoms with Crippen molar-refractivity contribution in [1.82, 2.24) is 0 Å². The molecule has 33 heavy (non-hydrogen) atoms. The Bertz CT molecular complexity index is 1290. The molecule has 1 aliphatic heterocycles. The van der Waals surface area contributed by atoms with E-state index in [0.717, 1.165) is 46.4 Å². The van der Waals surface area contributed by atoms with Crippen LogP contribution in [0.3, 0.4) is 0 Å². The molecule has 3 aromatic rings. The Morgan fingerprint density at radius 2 is 1.79 bits per heavy atom. The van der Waals surface area contributed by atoms with Gasteiger partial charge in [0.1, 0.15) is 5.78 Å². The molecule has 0 radical (unpaired) electrons. The molecule has 5 nitrogen and oxygen atoms in total. The summed E-state index contributed by atoms with van der Waals surface area (Å²) in [5.41, 5.74) is 5.08. The molecule has 1 aliphatic carbocycles. The lowest BCUT2D eigenvalue weighted by Gasteiger charge is -2.16. The maximum atomic E-state index is 13.4. The lowest BCUT2D eigenvalue weighted by Crippen LogP contribution is -2.22. The summed E-state index contributed by atoms with van der Waals surface area (Å²) in [4.78, 5) is 24.7. The van der Waals surface area contributed by atoms with E-state index in [-0.39, 0.29) is 19.9 Å². The molecule has 0 unspecified atom stereocenters. The number of fused-ring (bicyclic) bond motifs is 1. The summed E-state index contributed by atoms with van der Waals surface area (Å²) in [6, 6.07) is 17.4. The van der Waals surface area contributed by atoms with Gasteiger partial charge in [-0.3, -0.25) is 9.59 Å². The molecular weight excluding hydrogens is 438 g/mol. The van der Waals surface area contributed by atoms with E-state index in [1.54, 1.807) is 6.07 Å². The van der Waals surface area contributed by atoms with Crippen LogP contribution in [0, 0.1) is 6.92 Å². The van der Waals surface area contributed by atoms with Crippen molar-refractivity contribution in [2.75, 3.05) is 12.1 Å². The minimum absolute atomic E-state index is 0. The smallest absolute Gasteiger partial charge is 0.231 e. The second-order valence-corrected chi connectivity index (χ2v) is 9.18. The number of halogens is 1. The quantitative estimate of drug-likeness (QED) is 0.480. The second-order valence-electron chi connectivity index (χ2n) is 8.78. The number of anilines is 1. The second kappa shape index (κ2) is 8.23. The third kappa shape index (κ3) is 4.09. The summed E-state index contributed by atoms with van der Waals surface area (Å²) < 4.78 is 10.9. The maximum Gasteiger partial charge on any atom is 0.231 e. The molecule has 1 amide bonds. The number of carbonyl (C=O) groups is 2. The van der Waals surface area contributed by atoms with Gasteiger partial charge in [-0.1, -0.05) is 41.9 Å². The van der Waals surface area contributed by atoms with Crippen LogP contribution >= 0.6 is 11.6 Å². The Labute approximate surface area is 199 Å². The average molecular weight is 464 g/mol. The van der Waals surface area contributed by atoms with Crippen molar-refractivity contribution in [3.05, 3.63) is 76.3 Å². The van der Waals surface area contributed by atoms with Crippen LogP contribution in [0.25, 0.3) is 11.1 Å². The zero-order chi connectivity index (χ0) is 23.2. The Balaban J connectivity index is 0.00000274. The number of carbonyl (C=O) groups excluding carboxylic acids is 2. The predicted molar refractivity (Wildman–Crippen MR) is 130 cm³/mol. The van der Waals surface area contributed by atoms with E-state index >= 15 is 0 Å². The van der Waals surface area contributed by atoms with Gasteiger partial charge in [-0.05, 0) is 66.3 Å². The summed E-state index contributed by atoms with van der Waals surface area (Å²) in [7, 11) is 0. The zero-order valence-corrected chi connectivity index (χ0v) is 19.3. The van der Waals surface area contributed by atoms with Crippen molar-refractivity contribution < 1.29 is 20.5 Å². The first-order valence-corrected chi connectivity index (χ1v) is 11.3. The third-order valence-corrected chi connectivity index (χ3v) is 6.77.